The van der Waals surface area contributed by atoms with Crippen molar-refractivity contribution in [3.05, 3.63) is 47.9 Å². The van der Waals surface area contributed by atoms with Gasteiger partial charge in [0.2, 0.25) is 6.41 Å². The van der Waals surface area contributed by atoms with Gasteiger partial charge in [0.05, 0.1) is 45.2 Å². The zero-order valence-electron chi connectivity index (χ0n) is 23.4. The van der Waals surface area contributed by atoms with E-state index in [1.807, 2.05) is 19.2 Å². The van der Waals surface area contributed by atoms with E-state index in [0.29, 0.717) is 37.0 Å². The molecule has 0 bridgehead atoms. The van der Waals surface area contributed by atoms with Gasteiger partial charge in [0, 0.05) is 44.2 Å². The van der Waals surface area contributed by atoms with Gasteiger partial charge in [-0.3, -0.25) is 19.4 Å². The molecule has 0 saturated carbocycles. The van der Waals surface area contributed by atoms with Gasteiger partial charge in [0.15, 0.2) is 0 Å². The van der Waals surface area contributed by atoms with Crippen molar-refractivity contribution in [2.45, 2.75) is 45.4 Å². The summed E-state index contributed by atoms with van der Waals surface area (Å²) in [4.78, 5) is 47.4. The van der Waals surface area contributed by atoms with Gasteiger partial charge in [-0.25, -0.2) is 9.44 Å². The minimum atomic E-state index is -0.613. The molecule has 41 heavy (non-hydrogen) atoms. The van der Waals surface area contributed by atoms with Gasteiger partial charge < -0.3 is 15.1 Å². The molecule has 1 saturated heterocycles. The summed E-state index contributed by atoms with van der Waals surface area (Å²) in [5.74, 6) is -0.202. The predicted octanol–water partition coefficient (Wildman–Crippen LogP) is 5.69. The molecule has 3 unspecified atom stereocenters. The van der Waals surface area contributed by atoms with E-state index in [0.717, 1.165) is 55.1 Å². The Morgan fingerprint density at radius 3 is 2.80 bits per heavy atom. The fourth-order valence-corrected chi connectivity index (χ4v) is 7.52. The minimum absolute atomic E-state index is 0.398. The summed E-state index contributed by atoms with van der Waals surface area (Å²) in [6, 6.07) is 8.23. The number of nitrogens with one attached hydrogen (secondary N) is 1. The fourth-order valence-electron chi connectivity index (χ4n) is 4.81. The van der Waals surface area contributed by atoms with Crippen LogP contribution in [0.3, 0.4) is 0 Å². The summed E-state index contributed by atoms with van der Waals surface area (Å²) in [7, 11) is 1.82. The Morgan fingerprint density at radius 2 is 2.10 bits per heavy atom. The molecular weight excluding hydrogens is 672 g/mol. The molecule has 4 aromatic rings. The number of aromatic nitrogens is 4. The third-order valence-corrected chi connectivity index (χ3v) is 10.2. The van der Waals surface area contributed by atoms with Crippen LogP contribution < -0.4 is 5.32 Å². The third-order valence-electron chi connectivity index (χ3n) is 7.10. The lowest BCUT2D eigenvalue weighted by molar-refractivity contribution is -0.144. The Labute approximate surface area is 258 Å². The second kappa shape index (κ2) is 15.0. The average Bonchev–Trinajstić information content (AvgIpc) is 3.62. The molecule has 3 amide bonds. The highest BCUT2D eigenvalue weighted by Crippen LogP contribution is 2.32. The fraction of sp³-hybridized carbons (Fsp3) is 0.429. The standard InChI is InChI=1S/C14H17IN5O2P.C14H18N2OS/c1-9-3-2-4-19(8-9)14(22)13(21)18-11-7-16-5-10-6-17-20(23-15)12(10)11;1-3-11(8-9-16(2)10-17)14-15-12-6-4-5-7-13(12)18-14/h5-7,9,23H,2-4,8H2,1H3,(H,18,21);4-7,10-11H,3,8-9H2,1-2H3. The summed E-state index contributed by atoms with van der Waals surface area (Å²) in [6.45, 7) is 6.35. The van der Waals surface area contributed by atoms with Gasteiger partial charge in [0.1, 0.15) is 0 Å². The van der Waals surface area contributed by atoms with Gasteiger partial charge in [-0.05, 0) is 65.8 Å². The van der Waals surface area contributed by atoms with E-state index in [2.05, 4.69) is 63.4 Å². The van der Waals surface area contributed by atoms with Crippen molar-refractivity contribution in [2.75, 3.05) is 32.0 Å². The average molecular weight is 708 g/mol. The van der Waals surface area contributed by atoms with Crippen LogP contribution in [0.25, 0.3) is 21.1 Å². The number of hydrogen-bond acceptors (Lipinski definition) is 7. The van der Waals surface area contributed by atoms with E-state index in [4.69, 9.17) is 4.98 Å². The molecule has 3 atom stereocenters. The second-order valence-corrected chi connectivity index (χ2v) is 13.3. The van der Waals surface area contributed by atoms with Crippen molar-refractivity contribution in [3.63, 3.8) is 0 Å². The number of fused-ring (bicyclic) bond motifs is 2. The summed E-state index contributed by atoms with van der Waals surface area (Å²) >= 11 is 3.99. The van der Waals surface area contributed by atoms with Crippen LogP contribution in [-0.4, -0.2) is 74.2 Å². The van der Waals surface area contributed by atoms with Crippen LogP contribution in [0.15, 0.2) is 42.9 Å². The number of amides is 3. The molecule has 0 radical (unpaired) electrons. The van der Waals surface area contributed by atoms with Crippen molar-refractivity contribution in [2.24, 2.45) is 5.92 Å². The number of pyridine rings is 1. The number of carbonyl (C=O) groups excluding carboxylic acids is 3. The molecule has 0 aliphatic carbocycles. The first-order valence-electron chi connectivity index (χ1n) is 13.6. The zero-order valence-corrected chi connectivity index (χ0v) is 27.4. The molecule has 1 aromatic carbocycles. The normalized spacial score (nSPS) is 16.0. The molecule has 218 valence electrons. The number of thiazole rings is 1. The largest absolute Gasteiger partial charge is 0.348 e. The maximum atomic E-state index is 12.3. The number of para-hydroxylation sites is 1. The summed E-state index contributed by atoms with van der Waals surface area (Å²) in [5, 5.41) is 9.00. The lowest BCUT2D eigenvalue weighted by atomic mass is 10.0. The van der Waals surface area contributed by atoms with Crippen molar-refractivity contribution >= 4 is 84.8 Å². The number of hydrogen-bond donors (Lipinski definition) is 1. The number of carbonyl (C=O) groups is 3. The van der Waals surface area contributed by atoms with Gasteiger partial charge in [0.25, 0.3) is 0 Å². The number of nitrogens with zero attached hydrogens (tertiary/aromatic N) is 6. The molecule has 1 N–H and O–H groups in total. The minimum Gasteiger partial charge on any atom is -0.348 e. The summed E-state index contributed by atoms with van der Waals surface area (Å²) in [6.07, 6.45) is 10.3. The van der Waals surface area contributed by atoms with E-state index < -0.39 is 11.8 Å². The van der Waals surface area contributed by atoms with Crippen LogP contribution in [0.2, 0.25) is 0 Å². The van der Waals surface area contributed by atoms with Crippen LogP contribution in [-0.2, 0) is 14.4 Å². The van der Waals surface area contributed by atoms with Crippen LogP contribution in [0.1, 0.15) is 50.5 Å². The lowest BCUT2D eigenvalue weighted by Crippen LogP contribution is -2.44. The predicted molar refractivity (Wildman–Crippen MR) is 175 cm³/mol. The Balaban J connectivity index is 0.000000195. The molecule has 5 rings (SSSR count). The van der Waals surface area contributed by atoms with E-state index in [-0.39, 0.29) is 0 Å². The lowest BCUT2D eigenvalue weighted by Gasteiger charge is -2.30. The van der Waals surface area contributed by atoms with Gasteiger partial charge in [-0.2, -0.15) is 5.10 Å². The molecule has 1 fully saturated rings. The van der Waals surface area contributed by atoms with Crippen LogP contribution >= 0.6 is 39.8 Å². The molecule has 1 aliphatic heterocycles. The Hall–Kier alpha value is -2.70. The van der Waals surface area contributed by atoms with Crippen molar-refractivity contribution in [1.29, 1.82) is 0 Å². The molecule has 0 spiro atoms. The Bertz CT molecular complexity index is 1460. The maximum absolute atomic E-state index is 12.3. The molecule has 4 heterocycles. The summed E-state index contributed by atoms with van der Waals surface area (Å²) < 4.78 is 3.04. The highest BCUT2D eigenvalue weighted by Gasteiger charge is 2.27. The SMILES string of the molecule is CC1CCCN(C(=O)C(=O)Nc2cncc3cnn(PI)c23)C1.CCC(CCN(C)C=O)c1nc2ccccc2s1. The first kappa shape index (κ1) is 31.2. The van der Waals surface area contributed by atoms with Gasteiger partial charge in [-0.15, -0.1) is 11.3 Å². The van der Waals surface area contributed by atoms with Crippen LogP contribution in [0.5, 0.6) is 0 Å². The van der Waals surface area contributed by atoms with Crippen molar-refractivity contribution in [1.82, 2.24) is 29.3 Å². The van der Waals surface area contributed by atoms with Crippen molar-refractivity contribution in [3.8, 4) is 0 Å². The number of anilines is 1. The monoisotopic (exact) mass is 707 g/mol. The van der Waals surface area contributed by atoms with Crippen molar-refractivity contribution < 1.29 is 14.4 Å². The maximum Gasteiger partial charge on any atom is 0.314 e. The summed E-state index contributed by atoms with van der Waals surface area (Å²) in [5.41, 5.74) is 2.40. The highest BCUT2D eigenvalue weighted by molar-refractivity contribution is 14.2. The van der Waals surface area contributed by atoms with Crippen LogP contribution in [0.4, 0.5) is 5.69 Å². The first-order valence-corrected chi connectivity index (χ1v) is 18.5. The molecule has 1 aliphatic rings. The Morgan fingerprint density at radius 1 is 1.29 bits per heavy atom. The molecule has 13 heteroatoms. The van der Waals surface area contributed by atoms with E-state index in [1.165, 1.54) is 9.71 Å². The topological polar surface area (TPSA) is 113 Å². The number of likely N-dealkylation sites (tertiary alicyclic amines) is 1. The van der Waals surface area contributed by atoms with Crippen LogP contribution in [0, 0.1) is 5.92 Å². The molecule has 10 nitrogen and oxygen atoms in total. The number of benzene rings is 1. The molecule has 3 aromatic heterocycles. The van der Waals surface area contributed by atoms with Gasteiger partial charge >= 0.3 is 11.8 Å². The van der Waals surface area contributed by atoms with E-state index in [9.17, 15) is 14.4 Å². The smallest absolute Gasteiger partial charge is 0.314 e. The number of halogens is 1. The van der Waals surface area contributed by atoms with E-state index in [1.54, 1.807) is 44.2 Å². The number of rotatable bonds is 8. The highest BCUT2D eigenvalue weighted by atomic mass is 127. The second-order valence-electron chi connectivity index (χ2n) is 10.2. The Kier molecular flexibility index (Phi) is 11.4. The zero-order chi connectivity index (χ0) is 29.4. The van der Waals surface area contributed by atoms with Gasteiger partial charge in [-0.1, -0.05) is 26.0 Å². The number of piperidine rings is 1. The quantitative estimate of drug-likeness (QED) is 0.109. The first-order chi connectivity index (χ1) is 19.8. The molecular formula is C28H35IN7O3PS. The third kappa shape index (κ3) is 7.98. The van der Waals surface area contributed by atoms with E-state index >= 15 is 0 Å².